The Morgan fingerprint density at radius 1 is 1.12 bits per heavy atom. The Balaban J connectivity index is 1.57. The van der Waals surface area contributed by atoms with Crippen molar-refractivity contribution in [2.75, 3.05) is 13.2 Å². The van der Waals surface area contributed by atoms with Crippen LogP contribution in [0.2, 0.25) is 10.0 Å². The molecule has 0 fully saturated rings. The quantitative estimate of drug-likeness (QED) is 0.803. The van der Waals surface area contributed by atoms with Gasteiger partial charge in [0.2, 0.25) is 5.91 Å². The summed E-state index contributed by atoms with van der Waals surface area (Å²) < 4.78 is 11.3. The van der Waals surface area contributed by atoms with Crippen molar-refractivity contribution in [2.24, 2.45) is 5.92 Å². The molecule has 0 aromatic heterocycles. The van der Waals surface area contributed by atoms with E-state index in [1.807, 2.05) is 31.2 Å². The molecule has 1 aliphatic rings. The van der Waals surface area contributed by atoms with Gasteiger partial charge >= 0.3 is 0 Å². The maximum atomic E-state index is 12.4. The first-order chi connectivity index (χ1) is 12.5. The van der Waals surface area contributed by atoms with Crippen LogP contribution in [0.5, 0.6) is 11.5 Å². The second-order valence-electron chi connectivity index (χ2n) is 6.39. The molecule has 1 heterocycles. The Kier molecular flexibility index (Phi) is 6.28. The van der Waals surface area contributed by atoms with Crippen LogP contribution < -0.4 is 14.8 Å². The van der Waals surface area contributed by atoms with Gasteiger partial charge < -0.3 is 14.8 Å². The zero-order valence-corrected chi connectivity index (χ0v) is 16.1. The number of carbonyl (C=O) groups excluding carboxylic acids is 1. The SMILES string of the molecule is CC(Cc1ccc(Cl)cc1Cl)C(=O)NCc1ccc2c(c1)OCCCO2. The number of ether oxygens (including phenoxy) is 2. The van der Waals surface area contributed by atoms with Crippen LogP contribution in [0.4, 0.5) is 0 Å². The van der Waals surface area contributed by atoms with Crippen LogP contribution in [-0.4, -0.2) is 19.1 Å². The summed E-state index contributed by atoms with van der Waals surface area (Å²) >= 11 is 12.1. The lowest BCUT2D eigenvalue weighted by atomic mass is 10.00. The van der Waals surface area contributed by atoms with E-state index in [-0.39, 0.29) is 11.8 Å². The fraction of sp³-hybridized carbons (Fsp3) is 0.350. The van der Waals surface area contributed by atoms with Crippen LogP contribution in [0.1, 0.15) is 24.5 Å². The predicted octanol–water partition coefficient (Wildman–Crippen LogP) is 4.65. The molecule has 0 radical (unpaired) electrons. The van der Waals surface area contributed by atoms with Crippen LogP contribution in [0.3, 0.4) is 0 Å². The van der Waals surface area contributed by atoms with Gasteiger partial charge in [-0.15, -0.1) is 0 Å². The lowest BCUT2D eigenvalue weighted by Crippen LogP contribution is -2.29. The Morgan fingerprint density at radius 2 is 1.88 bits per heavy atom. The molecule has 2 aromatic rings. The third-order valence-electron chi connectivity index (χ3n) is 4.27. The topological polar surface area (TPSA) is 47.6 Å². The summed E-state index contributed by atoms with van der Waals surface area (Å²) in [6.45, 7) is 3.62. The summed E-state index contributed by atoms with van der Waals surface area (Å²) in [5.41, 5.74) is 1.88. The fourth-order valence-electron chi connectivity index (χ4n) is 2.79. The largest absolute Gasteiger partial charge is 0.490 e. The molecule has 0 saturated heterocycles. The first-order valence-corrected chi connectivity index (χ1v) is 9.38. The number of amides is 1. The third kappa shape index (κ3) is 4.83. The normalized spacial score (nSPS) is 14.4. The van der Waals surface area contributed by atoms with Crippen molar-refractivity contribution in [3.63, 3.8) is 0 Å². The Bertz CT molecular complexity index is 795. The second kappa shape index (κ2) is 8.65. The first-order valence-electron chi connectivity index (χ1n) is 8.63. The van der Waals surface area contributed by atoms with Crippen molar-refractivity contribution in [2.45, 2.75) is 26.3 Å². The van der Waals surface area contributed by atoms with E-state index in [1.54, 1.807) is 12.1 Å². The molecule has 0 bridgehead atoms. The van der Waals surface area contributed by atoms with E-state index in [9.17, 15) is 4.79 Å². The average molecular weight is 394 g/mol. The van der Waals surface area contributed by atoms with E-state index in [1.165, 1.54) is 0 Å². The minimum Gasteiger partial charge on any atom is -0.490 e. The second-order valence-corrected chi connectivity index (χ2v) is 7.23. The van der Waals surface area contributed by atoms with Crippen molar-refractivity contribution >= 4 is 29.1 Å². The number of hydrogen-bond acceptors (Lipinski definition) is 3. The molecule has 1 unspecified atom stereocenters. The van der Waals surface area contributed by atoms with Gasteiger partial charge in [0.1, 0.15) is 0 Å². The molecule has 4 nitrogen and oxygen atoms in total. The Morgan fingerprint density at radius 3 is 2.65 bits per heavy atom. The minimum atomic E-state index is -0.200. The molecule has 1 aliphatic heterocycles. The number of halogens is 2. The van der Waals surface area contributed by atoms with Gasteiger partial charge in [-0.05, 0) is 41.8 Å². The van der Waals surface area contributed by atoms with Crippen LogP contribution in [0.15, 0.2) is 36.4 Å². The number of carbonyl (C=O) groups is 1. The van der Waals surface area contributed by atoms with Crippen LogP contribution >= 0.6 is 23.2 Å². The van der Waals surface area contributed by atoms with Crippen LogP contribution in [-0.2, 0) is 17.8 Å². The van der Waals surface area contributed by atoms with Gasteiger partial charge in [-0.2, -0.15) is 0 Å². The van der Waals surface area contributed by atoms with E-state index in [4.69, 9.17) is 32.7 Å². The standard InChI is InChI=1S/C20H21Cl2NO3/c1-13(9-15-4-5-16(21)11-17(15)22)20(24)23-12-14-3-6-18-19(10-14)26-8-2-7-25-18/h3-6,10-11,13H,2,7-9,12H2,1H3,(H,23,24). The van der Waals surface area contributed by atoms with Gasteiger partial charge in [-0.25, -0.2) is 0 Å². The summed E-state index contributed by atoms with van der Waals surface area (Å²) in [4.78, 5) is 12.4. The van der Waals surface area contributed by atoms with Gasteiger partial charge in [-0.3, -0.25) is 4.79 Å². The van der Waals surface area contributed by atoms with Gasteiger partial charge in [0, 0.05) is 28.9 Å². The average Bonchev–Trinajstić information content (AvgIpc) is 2.86. The summed E-state index contributed by atoms with van der Waals surface area (Å²) in [5, 5.41) is 4.14. The third-order valence-corrected chi connectivity index (χ3v) is 4.85. The highest BCUT2D eigenvalue weighted by molar-refractivity contribution is 6.35. The molecule has 1 N–H and O–H groups in total. The van der Waals surface area contributed by atoms with Gasteiger partial charge in [0.05, 0.1) is 13.2 Å². The molecule has 0 aliphatic carbocycles. The van der Waals surface area contributed by atoms with E-state index in [0.29, 0.717) is 36.2 Å². The zero-order valence-electron chi connectivity index (χ0n) is 14.6. The van der Waals surface area contributed by atoms with E-state index < -0.39 is 0 Å². The van der Waals surface area contributed by atoms with Crippen molar-refractivity contribution in [1.29, 1.82) is 0 Å². The number of benzene rings is 2. The van der Waals surface area contributed by atoms with Crippen LogP contribution in [0, 0.1) is 5.92 Å². The Labute approximate surface area is 163 Å². The highest BCUT2D eigenvalue weighted by atomic mass is 35.5. The molecule has 26 heavy (non-hydrogen) atoms. The molecular formula is C20H21Cl2NO3. The summed E-state index contributed by atoms with van der Waals surface area (Å²) in [6, 6.07) is 11.1. The predicted molar refractivity (Wildman–Crippen MR) is 103 cm³/mol. The molecular weight excluding hydrogens is 373 g/mol. The summed E-state index contributed by atoms with van der Waals surface area (Å²) in [6.07, 6.45) is 1.43. The van der Waals surface area contributed by atoms with Crippen molar-refractivity contribution in [3.05, 3.63) is 57.6 Å². The number of fused-ring (bicyclic) bond motifs is 1. The first kappa shape index (κ1) is 18.9. The summed E-state index contributed by atoms with van der Waals surface area (Å²) in [7, 11) is 0. The highest BCUT2D eigenvalue weighted by Crippen LogP contribution is 2.30. The lowest BCUT2D eigenvalue weighted by Gasteiger charge is -2.14. The number of nitrogens with one attached hydrogen (secondary N) is 1. The smallest absolute Gasteiger partial charge is 0.223 e. The zero-order chi connectivity index (χ0) is 18.5. The fourth-order valence-corrected chi connectivity index (χ4v) is 3.28. The van der Waals surface area contributed by atoms with E-state index >= 15 is 0 Å². The molecule has 2 aromatic carbocycles. The maximum absolute atomic E-state index is 12.4. The highest BCUT2D eigenvalue weighted by Gasteiger charge is 2.16. The van der Waals surface area contributed by atoms with Crippen molar-refractivity contribution in [1.82, 2.24) is 5.32 Å². The molecule has 1 atom stereocenters. The molecule has 6 heteroatoms. The molecule has 3 rings (SSSR count). The monoisotopic (exact) mass is 393 g/mol. The number of rotatable bonds is 5. The van der Waals surface area contributed by atoms with Gasteiger partial charge in [-0.1, -0.05) is 42.3 Å². The Hall–Kier alpha value is -1.91. The van der Waals surface area contributed by atoms with Crippen LogP contribution in [0.25, 0.3) is 0 Å². The molecule has 1 amide bonds. The number of hydrogen-bond donors (Lipinski definition) is 1. The molecule has 0 saturated carbocycles. The van der Waals surface area contributed by atoms with Gasteiger partial charge in [0.25, 0.3) is 0 Å². The summed E-state index contributed by atoms with van der Waals surface area (Å²) in [5.74, 6) is 1.26. The lowest BCUT2D eigenvalue weighted by molar-refractivity contribution is -0.124. The van der Waals surface area contributed by atoms with Crippen molar-refractivity contribution < 1.29 is 14.3 Å². The van der Waals surface area contributed by atoms with E-state index in [0.717, 1.165) is 29.0 Å². The molecule has 0 spiro atoms. The molecule has 138 valence electrons. The minimum absolute atomic E-state index is 0.0249. The van der Waals surface area contributed by atoms with E-state index in [2.05, 4.69) is 5.32 Å². The van der Waals surface area contributed by atoms with Gasteiger partial charge in [0.15, 0.2) is 11.5 Å². The maximum Gasteiger partial charge on any atom is 0.223 e. The van der Waals surface area contributed by atoms with Crippen molar-refractivity contribution in [3.8, 4) is 11.5 Å².